The van der Waals surface area contributed by atoms with Gasteiger partial charge in [0.2, 0.25) is 0 Å². The second kappa shape index (κ2) is 5.48. The number of hydrogen-bond acceptors (Lipinski definition) is 3. The van der Waals surface area contributed by atoms with Crippen molar-refractivity contribution in [2.45, 2.75) is 57.7 Å². The van der Waals surface area contributed by atoms with Crippen LogP contribution >= 0.6 is 0 Å². The lowest BCUT2D eigenvalue weighted by Crippen LogP contribution is -2.51. The minimum Gasteiger partial charge on any atom is -0.391 e. The van der Waals surface area contributed by atoms with Gasteiger partial charge in [0.1, 0.15) is 0 Å². The molecule has 3 nitrogen and oxygen atoms in total. The van der Waals surface area contributed by atoms with Gasteiger partial charge in [0, 0.05) is 12.6 Å². The molecule has 0 radical (unpaired) electrons. The summed E-state index contributed by atoms with van der Waals surface area (Å²) in [4.78, 5) is 2.50. The molecule has 1 heterocycles. The van der Waals surface area contributed by atoms with E-state index in [2.05, 4.69) is 18.7 Å². The standard InChI is InChI=1S/C13H25NO2/c1-10(2)5-7-14(11-3-4-11)12-9-16-8-6-13(12)15/h10-13,15H,3-9H2,1-2H3. The molecule has 1 aliphatic carbocycles. The summed E-state index contributed by atoms with van der Waals surface area (Å²) in [5.41, 5.74) is 0. The Labute approximate surface area is 98.8 Å². The molecular formula is C13H25NO2. The van der Waals surface area contributed by atoms with Crippen molar-refractivity contribution in [3.05, 3.63) is 0 Å². The Bertz CT molecular complexity index is 216. The zero-order chi connectivity index (χ0) is 11.5. The Morgan fingerprint density at radius 3 is 2.62 bits per heavy atom. The first kappa shape index (κ1) is 12.3. The summed E-state index contributed by atoms with van der Waals surface area (Å²) in [6.07, 6.45) is 4.46. The van der Waals surface area contributed by atoms with Crippen LogP contribution < -0.4 is 0 Å². The summed E-state index contributed by atoms with van der Waals surface area (Å²) in [6, 6.07) is 0.972. The van der Waals surface area contributed by atoms with Gasteiger partial charge in [-0.3, -0.25) is 4.90 Å². The van der Waals surface area contributed by atoms with E-state index in [-0.39, 0.29) is 12.1 Å². The van der Waals surface area contributed by atoms with E-state index >= 15 is 0 Å². The van der Waals surface area contributed by atoms with E-state index in [9.17, 15) is 5.11 Å². The lowest BCUT2D eigenvalue weighted by atomic mass is 10.0. The number of rotatable bonds is 5. The molecule has 2 aliphatic rings. The highest BCUT2D eigenvalue weighted by molar-refractivity contribution is 4.92. The molecule has 1 N–H and O–H groups in total. The van der Waals surface area contributed by atoms with Gasteiger partial charge in [0.15, 0.2) is 0 Å². The Morgan fingerprint density at radius 2 is 2.06 bits per heavy atom. The number of ether oxygens (including phenoxy) is 1. The van der Waals surface area contributed by atoms with Crippen LogP contribution in [0.2, 0.25) is 0 Å². The number of aliphatic hydroxyl groups excluding tert-OH is 1. The van der Waals surface area contributed by atoms with Crippen molar-refractivity contribution in [1.82, 2.24) is 4.90 Å². The highest BCUT2D eigenvalue weighted by Crippen LogP contribution is 2.31. The average molecular weight is 227 g/mol. The number of aliphatic hydroxyl groups is 1. The molecule has 16 heavy (non-hydrogen) atoms. The van der Waals surface area contributed by atoms with E-state index in [0.29, 0.717) is 0 Å². The average Bonchev–Trinajstić information content (AvgIpc) is 3.04. The second-order valence-electron chi connectivity index (χ2n) is 5.65. The third-order valence-electron chi connectivity index (χ3n) is 3.70. The van der Waals surface area contributed by atoms with Crippen molar-refractivity contribution >= 4 is 0 Å². The first-order valence-corrected chi connectivity index (χ1v) is 6.70. The molecule has 0 aromatic heterocycles. The molecule has 94 valence electrons. The van der Waals surface area contributed by atoms with Crippen LogP contribution in [0.25, 0.3) is 0 Å². The van der Waals surface area contributed by atoms with E-state index in [0.717, 1.165) is 38.1 Å². The monoisotopic (exact) mass is 227 g/mol. The molecule has 2 unspecified atom stereocenters. The van der Waals surface area contributed by atoms with Crippen molar-refractivity contribution in [2.24, 2.45) is 5.92 Å². The topological polar surface area (TPSA) is 32.7 Å². The van der Waals surface area contributed by atoms with Gasteiger partial charge >= 0.3 is 0 Å². The zero-order valence-electron chi connectivity index (χ0n) is 10.6. The molecule has 0 aromatic carbocycles. The normalized spacial score (nSPS) is 31.3. The Kier molecular flexibility index (Phi) is 4.22. The Balaban J connectivity index is 1.89. The molecule has 1 saturated heterocycles. The smallest absolute Gasteiger partial charge is 0.0739 e. The van der Waals surface area contributed by atoms with Crippen LogP contribution in [0.5, 0.6) is 0 Å². The van der Waals surface area contributed by atoms with Crippen LogP contribution in [-0.2, 0) is 4.74 Å². The van der Waals surface area contributed by atoms with Gasteiger partial charge < -0.3 is 9.84 Å². The van der Waals surface area contributed by atoms with Gasteiger partial charge in [0.25, 0.3) is 0 Å². The molecule has 0 bridgehead atoms. The summed E-state index contributed by atoms with van der Waals surface area (Å²) < 4.78 is 5.52. The summed E-state index contributed by atoms with van der Waals surface area (Å²) in [5, 5.41) is 10.1. The summed E-state index contributed by atoms with van der Waals surface area (Å²) in [6.45, 7) is 7.08. The summed E-state index contributed by atoms with van der Waals surface area (Å²) in [5.74, 6) is 0.739. The molecule has 0 amide bonds. The van der Waals surface area contributed by atoms with E-state index in [1.165, 1.54) is 19.3 Å². The van der Waals surface area contributed by atoms with Crippen LogP contribution in [0.15, 0.2) is 0 Å². The lowest BCUT2D eigenvalue weighted by molar-refractivity contribution is -0.0649. The Morgan fingerprint density at radius 1 is 1.31 bits per heavy atom. The molecule has 1 aliphatic heterocycles. The van der Waals surface area contributed by atoms with E-state index < -0.39 is 0 Å². The minimum atomic E-state index is -0.179. The van der Waals surface area contributed by atoms with Crippen molar-refractivity contribution in [3.8, 4) is 0 Å². The highest BCUT2D eigenvalue weighted by atomic mass is 16.5. The van der Waals surface area contributed by atoms with Crippen LogP contribution in [0.3, 0.4) is 0 Å². The maximum Gasteiger partial charge on any atom is 0.0739 e. The third kappa shape index (κ3) is 3.19. The second-order valence-corrected chi connectivity index (χ2v) is 5.65. The minimum absolute atomic E-state index is 0.179. The fourth-order valence-corrected chi connectivity index (χ4v) is 2.46. The molecule has 2 rings (SSSR count). The van der Waals surface area contributed by atoms with Crippen LogP contribution in [0, 0.1) is 5.92 Å². The molecule has 3 heteroatoms. The Hall–Kier alpha value is -0.120. The van der Waals surface area contributed by atoms with Crippen molar-refractivity contribution in [2.75, 3.05) is 19.8 Å². The summed E-state index contributed by atoms with van der Waals surface area (Å²) in [7, 11) is 0. The molecule has 1 saturated carbocycles. The predicted octanol–water partition coefficient (Wildman–Crippen LogP) is 1.65. The van der Waals surface area contributed by atoms with Crippen LogP contribution in [-0.4, -0.2) is 48.0 Å². The third-order valence-corrected chi connectivity index (χ3v) is 3.70. The quantitative estimate of drug-likeness (QED) is 0.775. The molecule has 2 atom stereocenters. The van der Waals surface area contributed by atoms with Crippen molar-refractivity contribution in [1.29, 1.82) is 0 Å². The largest absolute Gasteiger partial charge is 0.391 e. The predicted molar refractivity (Wildman–Crippen MR) is 64.4 cm³/mol. The van der Waals surface area contributed by atoms with Gasteiger partial charge in [0.05, 0.1) is 18.8 Å². The van der Waals surface area contributed by atoms with E-state index in [4.69, 9.17) is 4.74 Å². The molecular weight excluding hydrogens is 202 g/mol. The highest BCUT2D eigenvalue weighted by Gasteiger charge is 2.38. The maximum atomic E-state index is 10.1. The fourth-order valence-electron chi connectivity index (χ4n) is 2.46. The van der Waals surface area contributed by atoms with Gasteiger partial charge in [-0.15, -0.1) is 0 Å². The van der Waals surface area contributed by atoms with Gasteiger partial charge in [-0.1, -0.05) is 13.8 Å². The van der Waals surface area contributed by atoms with E-state index in [1.54, 1.807) is 0 Å². The fraction of sp³-hybridized carbons (Fsp3) is 1.00. The molecule has 2 fully saturated rings. The lowest BCUT2D eigenvalue weighted by Gasteiger charge is -2.38. The summed E-state index contributed by atoms with van der Waals surface area (Å²) >= 11 is 0. The van der Waals surface area contributed by atoms with Gasteiger partial charge in [-0.25, -0.2) is 0 Å². The van der Waals surface area contributed by atoms with Gasteiger partial charge in [-0.2, -0.15) is 0 Å². The first-order valence-electron chi connectivity index (χ1n) is 6.70. The first-order chi connectivity index (χ1) is 7.68. The van der Waals surface area contributed by atoms with Crippen molar-refractivity contribution < 1.29 is 9.84 Å². The number of hydrogen-bond donors (Lipinski definition) is 1. The SMILES string of the molecule is CC(C)CCN(C1CC1)C1COCCC1O. The van der Waals surface area contributed by atoms with Crippen LogP contribution in [0.1, 0.15) is 39.5 Å². The van der Waals surface area contributed by atoms with Crippen LogP contribution in [0.4, 0.5) is 0 Å². The maximum absolute atomic E-state index is 10.1. The van der Waals surface area contributed by atoms with Crippen molar-refractivity contribution in [3.63, 3.8) is 0 Å². The molecule has 0 aromatic rings. The van der Waals surface area contributed by atoms with Gasteiger partial charge in [-0.05, 0) is 38.1 Å². The number of nitrogens with zero attached hydrogens (tertiary/aromatic N) is 1. The molecule has 0 spiro atoms. The van der Waals surface area contributed by atoms with E-state index in [1.807, 2.05) is 0 Å². The zero-order valence-corrected chi connectivity index (χ0v) is 10.6.